The highest BCUT2D eigenvalue weighted by Crippen LogP contribution is 2.05. The third-order valence-electron chi connectivity index (χ3n) is 0.994. The van der Waals surface area contributed by atoms with E-state index in [1.165, 1.54) is 6.33 Å². The lowest BCUT2D eigenvalue weighted by atomic mass is 10.3. The fraction of sp³-hybridized carbons (Fsp3) is 0.200. The summed E-state index contributed by atoms with van der Waals surface area (Å²) in [6, 6.07) is 0. The van der Waals surface area contributed by atoms with Gasteiger partial charge in [0.1, 0.15) is 3.70 Å². The second-order valence-corrected chi connectivity index (χ2v) is 2.76. The van der Waals surface area contributed by atoms with Crippen molar-refractivity contribution in [3.05, 3.63) is 15.7 Å². The van der Waals surface area contributed by atoms with Crippen molar-refractivity contribution in [3.63, 3.8) is 0 Å². The lowest BCUT2D eigenvalue weighted by molar-refractivity contribution is -0.136. The quantitative estimate of drug-likeness (QED) is 0.759. The molecule has 0 spiro atoms. The SMILES string of the molecule is O=C(O)Cc1[nH]cnc1I. The third kappa shape index (κ3) is 1.69. The first-order valence-corrected chi connectivity index (χ1v) is 3.67. The Labute approximate surface area is 70.8 Å². The predicted octanol–water partition coefficient (Wildman–Crippen LogP) is 0.641. The molecular formula is C5H5IN2O2. The van der Waals surface area contributed by atoms with Gasteiger partial charge in [0, 0.05) is 0 Å². The summed E-state index contributed by atoms with van der Waals surface area (Å²) in [5.74, 6) is -0.845. The van der Waals surface area contributed by atoms with Crippen molar-refractivity contribution in [2.45, 2.75) is 6.42 Å². The molecule has 0 saturated heterocycles. The molecular weight excluding hydrogens is 247 g/mol. The molecule has 0 aliphatic carbocycles. The van der Waals surface area contributed by atoms with Crippen LogP contribution in [0.4, 0.5) is 0 Å². The van der Waals surface area contributed by atoms with Gasteiger partial charge in [-0.05, 0) is 22.6 Å². The van der Waals surface area contributed by atoms with Crippen molar-refractivity contribution in [3.8, 4) is 0 Å². The number of halogens is 1. The fourth-order valence-electron chi connectivity index (χ4n) is 0.580. The lowest BCUT2D eigenvalue weighted by Gasteiger charge is -1.89. The van der Waals surface area contributed by atoms with Gasteiger partial charge in [-0.2, -0.15) is 0 Å². The largest absolute Gasteiger partial charge is 0.481 e. The van der Waals surface area contributed by atoms with Crippen molar-refractivity contribution in [1.29, 1.82) is 0 Å². The van der Waals surface area contributed by atoms with Gasteiger partial charge in [0.2, 0.25) is 0 Å². The number of nitrogens with one attached hydrogen (secondary N) is 1. The minimum absolute atomic E-state index is 0.0122. The number of nitrogens with zero attached hydrogens (tertiary/aromatic N) is 1. The molecule has 5 heteroatoms. The average Bonchev–Trinajstić information content (AvgIpc) is 2.15. The van der Waals surface area contributed by atoms with E-state index in [2.05, 4.69) is 9.97 Å². The minimum atomic E-state index is -0.845. The summed E-state index contributed by atoms with van der Waals surface area (Å²) < 4.78 is 0.722. The Kier molecular flexibility index (Phi) is 2.25. The molecule has 10 heavy (non-hydrogen) atoms. The molecule has 1 heterocycles. The van der Waals surface area contributed by atoms with Crippen LogP contribution in [-0.2, 0) is 11.2 Å². The number of carbonyl (C=O) groups is 1. The van der Waals surface area contributed by atoms with E-state index in [0.717, 1.165) is 3.70 Å². The van der Waals surface area contributed by atoms with Crippen LogP contribution in [0.5, 0.6) is 0 Å². The molecule has 2 N–H and O–H groups in total. The molecule has 0 saturated carbocycles. The molecule has 4 nitrogen and oxygen atoms in total. The smallest absolute Gasteiger partial charge is 0.309 e. The van der Waals surface area contributed by atoms with E-state index in [-0.39, 0.29) is 6.42 Å². The molecule has 0 unspecified atom stereocenters. The highest BCUT2D eigenvalue weighted by Gasteiger charge is 2.05. The molecule has 0 aliphatic heterocycles. The molecule has 1 aromatic heterocycles. The predicted molar refractivity (Wildman–Crippen MR) is 42.6 cm³/mol. The van der Waals surface area contributed by atoms with Crippen molar-refractivity contribution >= 4 is 28.6 Å². The highest BCUT2D eigenvalue weighted by atomic mass is 127. The number of aromatic nitrogens is 2. The van der Waals surface area contributed by atoms with Crippen LogP contribution < -0.4 is 0 Å². The maximum Gasteiger partial charge on any atom is 0.309 e. The number of imidazole rings is 1. The van der Waals surface area contributed by atoms with E-state index in [1.807, 2.05) is 22.6 Å². The summed E-state index contributed by atoms with van der Waals surface area (Å²) in [5.41, 5.74) is 0.660. The van der Waals surface area contributed by atoms with Gasteiger partial charge in [-0.1, -0.05) is 0 Å². The maximum absolute atomic E-state index is 10.2. The minimum Gasteiger partial charge on any atom is -0.481 e. The van der Waals surface area contributed by atoms with Crippen LogP contribution in [0.1, 0.15) is 5.69 Å². The van der Waals surface area contributed by atoms with Gasteiger partial charge in [0.05, 0.1) is 18.4 Å². The molecule has 0 aliphatic rings. The van der Waals surface area contributed by atoms with Gasteiger partial charge >= 0.3 is 5.97 Å². The zero-order chi connectivity index (χ0) is 7.56. The average molecular weight is 252 g/mol. The van der Waals surface area contributed by atoms with Gasteiger partial charge in [-0.15, -0.1) is 0 Å². The second-order valence-electron chi connectivity index (χ2n) is 1.74. The number of aromatic amines is 1. The molecule has 0 amide bonds. The first kappa shape index (κ1) is 7.52. The first-order chi connectivity index (χ1) is 4.70. The summed E-state index contributed by atoms with van der Waals surface area (Å²) in [6.07, 6.45) is 1.50. The number of H-pyrrole nitrogens is 1. The van der Waals surface area contributed by atoms with Crippen LogP contribution >= 0.6 is 22.6 Å². The summed E-state index contributed by atoms with van der Waals surface area (Å²) in [4.78, 5) is 16.7. The van der Waals surface area contributed by atoms with Crippen LogP contribution in [0, 0.1) is 3.70 Å². The Morgan fingerprint density at radius 1 is 1.90 bits per heavy atom. The zero-order valence-corrected chi connectivity index (χ0v) is 7.12. The van der Waals surface area contributed by atoms with Crippen molar-refractivity contribution in [2.24, 2.45) is 0 Å². The van der Waals surface area contributed by atoms with Gasteiger partial charge in [-0.3, -0.25) is 4.79 Å². The normalized spacial score (nSPS) is 9.70. The zero-order valence-electron chi connectivity index (χ0n) is 4.97. The van der Waals surface area contributed by atoms with Crippen LogP contribution in [-0.4, -0.2) is 21.0 Å². The van der Waals surface area contributed by atoms with Crippen LogP contribution in [0.3, 0.4) is 0 Å². The second kappa shape index (κ2) is 3.00. The van der Waals surface area contributed by atoms with Crippen LogP contribution in [0.25, 0.3) is 0 Å². The molecule has 1 aromatic rings. The van der Waals surface area contributed by atoms with Gasteiger partial charge in [0.25, 0.3) is 0 Å². The summed E-state index contributed by atoms with van der Waals surface area (Å²) >= 11 is 1.98. The third-order valence-corrected chi connectivity index (χ3v) is 1.92. The molecule has 0 radical (unpaired) electrons. The number of hydrogen-bond acceptors (Lipinski definition) is 2. The van der Waals surface area contributed by atoms with Gasteiger partial charge in [0.15, 0.2) is 0 Å². The Hall–Kier alpha value is -0.590. The molecule has 0 aromatic carbocycles. The van der Waals surface area contributed by atoms with E-state index in [9.17, 15) is 4.79 Å². The summed E-state index contributed by atoms with van der Waals surface area (Å²) in [5, 5.41) is 8.36. The molecule has 0 fully saturated rings. The maximum atomic E-state index is 10.2. The van der Waals surface area contributed by atoms with Gasteiger partial charge < -0.3 is 10.1 Å². The van der Waals surface area contributed by atoms with Crippen molar-refractivity contribution in [1.82, 2.24) is 9.97 Å². The number of carboxylic acids is 1. The molecule has 0 bridgehead atoms. The number of aliphatic carboxylic acids is 1. The molecule has 0 atom stereocenters. The lowest BCUT2D eigenvalue weighted by Crippen LogP contribution is -2.01. The van der Waals surface area contributed by atoms with E-state index < -0.39 is 5.97 Å². The Bertz CT molecular complexity index is 246. The van der Waals surface area contributed by atoms with Crippen LogP contribution in [0.2, 0.25) is 0 Å². The van der Waals surface area contributed by atoms with E-state index in [0.29, 0.717) is 5.69 Å². The molecule has 54 valence electrons. The number of hydrogen-bond donors (Lipinski definition) is 2. The highest BCUT2D eigenvalue weighted by molar-refractivity contribution is 14.1. The van der Waals surface area contributed by atoms with E-state index in [1.54, 1.807) is 0 Å². The monoisotopic (exact) mass is 252 g/mol. The number of carboxylic acid groups (broad SMARTS) is 1. The van der Waals surface area contributed by atoms with E-state index >= 15 is 0 Å². The van der Waals surface area contributed by atoms with Crippen molar-refractivity contribution < 1.29 is 9.90 Å². The summed E-state index contributed by atoms with van der Waals surface area (Å²) in [7, 11) is 0. The topological polar surface area (TPSA) is 66.0 Å². The molecule has 1 rings (SSSR count). The van der Waals surface area contributed by atoms with E-state index in [4.69, 9.17) is 5.11 Å². The first-order valence-electron chi connectivity index (χ1n) is 2.59. The van der Waals surface area contributed by atoms with Crippen molar-refractivity contribution in [2.75, 3.05) is 0 Å². The van der Waals surface area contributed by atoms with Crippen LogP contribution in [0.15, 0.2) is 6.33 Å². The Balaban J connectivity index is 2.74. The Morgan fingerprint density at radius 3 is 3.00 bits per heavy atom. The van der Waals surface area contributed by atoms with Gasteiger partial charge in [-0.25, -0.2) is 4.98 Å². The standard InChI is InChI=1S/C5H5IN2O2/c6-5-3(1-4(9)10)7-2-8-5/h2H,1H2,(H,7,8)(H,9,10). The fourth-order valence-corrected chi connectivity index (χ4v) is 1.07. The summed E-state index contributed by atoms with van der Waals surface area (Å²) in [6.45, 7) is 0. The Morgan fingerprint density at radius 2 is 2.60 bits per heavy atom. The number of rotatable bonds is 2.